The summed E-state index contributed by atoms with van der Waals surface area (Å²) in [5, 5.41) is 0. The van der Waals surface area contributed by atoms with Gasteiger partial charge in [0.15, 0.2) is 0 Å². The fourth-order valence-corrected chi connectivity index (χ4v) is 3.41. The molecule has 1 spiro atoms. The van der Waals surface area contributed by atoms with E-state index in [0.717, 1.165) is 65.3 Å². The Hall–Kier alpha value is -0.690. The summed E-state index contributed by atoms with van der Waals surface area (Å²) in [6.45, 7) is 6.29. The summed E-state index contributed by atoms with van der Waals surface area (Å²) < 4.78 is 17.0. The molecule has 0 radical (unpaired) electrons. The van der Waals surface area contributed by atoms with Crippen LogP contribution in [0.15, 0.2) is 0 Å². The first-order valence-electron chi connectivity index (χ1n) is 7.97. The maximum Gasteiger partial charge on any atom is 0.248 e. The minimum atomic E-state index is -0.108. The summed E-state index contributed by atoms with van der Waals surface area (Å²) in [6.07, 6.45) is 3.30. The average Bonchev–Trinajstić information content (AvgIpc) is 2.52. The summed E-state index contributed by atoms with van der Waals surface area (Å²) in [6, 6.07) is 0. The molecule has 6 heteroatoms. The molecule has 120 valence electrons. The second-order valence-corrected chi connectivity index (χ2v) is 6.42. The topological polar surface area (TPSA) is 51.2 Å². The second kappa shape index (κ2) is 6.60. The van der Waals surface area contributed by atoms with E-state index in [-0.39, 0.29) is 24.2 Å². The maximum absolute atomic E-state index is 11.5. The Morgan fingerprint density at radius 3 is 2.76 bits per heavy atom. The number of amides is 1. The Bertz CT molecular complexity index is 363. The third-order valence-electron chi connectivity index (χ3n) is 4.87. The van der Waals surface area contributed by atoms with E-state index in [9.17, 15) is 4.79 Å². The highest BCUT2D eigenvalue weighted by atomic mass is 16.6. The van der Waals surface area contributed by atoms with E-state index in [0.29, 0.717) is 0 Å². The van der Waals surface area contributed by atoms with Crippen molar-refractivity contribution in [1.82, 2.24) is 9.80 Å². The van der Waals surface area contributed by atoms with Crippen LogP contribution in [0.4, 0.5) is 0 Å². The predicted octanol–water partition coefficient (Wildman–Crippen LogP) is 0.115. The summed E-state index contributed by atoms with van der Waals surface area (Å²) in [4.78, 5) is 15.8. The molecule has 0 aromatic carbocycles. The number of hydrogen-bond donors (Lipinski definition) is 0. The van der Waals surface area contributed by atoms with Crippen molar-refractivity contribution >= 4 is 5.91 Å². The molecule has 1 unspecified atom stereocenters. The van der Waals surface area contributed by atoms with Gasteiger partial charge >= 0.3 is 0 Å². The van der Waals surface area contributed by atoms with Crippen molar-refractivity contribution in [2.45, 2.75) is 31.0 Å². The molecule has 3 aliphatic rings. The Morgan fingerprint density at radius 1 is 1.29 bits per heavy atom. The zero-order valence-corrected chi connectivity index (χ0v) is 12.9. The van der Waals surface area contributed by atoms with E-state index in [1.807, 2.05) is 11.9 Å². The molecule has 3 saturated heterocycles. The molecule has 21 heavy (non-hydrogen) atoms. The highest BCUT2D eigenvalue weighted by Gasteiger charge is 2.41. The van der Waals surface area contributed by atoms with E-state index < -0.39 is 0 Å². The lowest BCUT2D eigenvalue weighted by molar-refractivity contribution is -0.169. The van der Waals surface area contributed by atoms with E-state index >= 15 is 0 Å². The Kier molecular flexibility index (Phi) is 4.78. The molecule has 3 aliphatic heterocycles. The molecule has 0 aromatic heterocycles. The van der Waals surface area contributed by atoms with Crippen molar-refractivity contribution in [3.63, 3.8) is 0 Å². The van der Waals surface area contributed by atoms with Gasteiger partial charge in [-0.15, -0.1) is 0 Å². The third-order valence-corrected chi connectivity index (χ3v) is 4.87. The van der Waals surface area contributed by atoms with Gasteiger partial charge in [-0.05, 0) is 19.3 Å². The van der Waals surface area contributed by atoms with Crippen LogP contribution in [0, 0.1) is 0 Å². The molecule has 1 amide bonds. The number of rotatable bonds is 3. The summed E-state index contributed by atoms with van der Waals surface area (Å²) in [5.74, 6) is 0.0949. The summed E-state index contributed by atoms with van der Waals surface area (Å²) >= 11 is 0. The van der Waals surface area contributed by atoms with Crippen molar-refractivity contribution in [3.8, 4) is 0 Å². The number of hydrogen-bond acceptors (Lipinski definition) is 5. The van der Waals surface area contributed by atoms with Crippen LogP contribution >= 0.6 is 0 Å². The van der Waals surface area contributed by atoms with Gasteiger partial charge in [-0.3, -0.25) is 4.79 Å². The Labute approximate surface area is 126 Å². The van der Waals surface area contributed by atoms with Gasteiger partial charge in [0.25, 0.3) is 0 Å². The van der Waals surface area contributed by atoms with Crippen LogP contribution < -0.4 is 0 Å². The average molecular weight is 298 g/mol. The molecule has 0 N–H and O–H groups in total. The lowest BCUT2D eigenvalue weighted by Gasteiger charge is -2.46. The van der Waals surface area contributed by atoms with Crippen LogP contribution in [-0.4, -0.2) is 87.1 Å². The first-order chi connectivity index (χ1) is 10.2. The molecule has 0 aromatic rings. The van der Waals surface area contributed by atoms with Gasteiger partial charge in [0.2, 0.25) is 5.91 Å². The maximum atomic E-state index is 11.5. The third kappa shape index (κ3) is 3.74. The highest BCUT2D eigenvalue weighted by molar-refractivity contribution is 5.78. The van der Waals surface area contributed by atoms with Crippen molar-refractivity contribution in [2.24, 2.45) is 0 Å². The van der Waals surface area contributed by atoms with Crippen LogP contribution in [0.5, 0.6) is 0 Å². The number of ether oxygens (including phenoxy) is 3. The van der Waals surface area contributed by atoms with E-state index in [2.05, 4.69) is 4.90 Å². The van der Waals surface area contributed by atoms with Crippen LogP contribution in [0.1, 0.15) is 19.3 Å². The zero-order chi connectivity index (χ0) is 14.7. The van der Waals surface area contributed by atoms with Crippen LogP contribution in [0.25, 0.3) is 0 Å². The van der Waals surface area contributed by atoms with E-state index in [4.69, 9.17) is 14.2 Å². The molecule has 3 heterocycles. The number of nitrogens with zero attached hydrogens (tertiary/aromatic N) is 2. The van der Waals surface area contributed by atoms with E-state index in [1.54, 1.807) is 0 Å². The first kappa shape index (κ1) is 15.2. The smallest absolute Gasteiger partial charge is 0.248 e. The Balaban J connectivity index is 1.41. The van der Waals surface area contributed by atoms with Gasteiger partial charge in [-0.1, -0.05) is 0 Å². The quantitative estimate of drug-likeness (QED) is 0.740. The van der Waals surface area contributed by atoms with Gasteiger partial charge in [0.05, 0.1) is 31.5 Å². The van der Waals surface area contributed by atoms with Gasteiger partial charge in [-0.2, -0.15) is 0 Å². The van der Waals surface area contributed by atoms with Gasteiger partial charge < -0.3 is 24.0 Å². The van der Waals surface area contributed by atoms with Gasteiger partial charge in [0, 0.05) is 33.2 Å². The number of carbonyl (C=O) groups is 1. The molecule has 0 aliphatic carbocycles. The minimum Gasteiger partial charge on any atom is -0.376 e. The highest BCUT2D eigenvalue weighted by Crippen LogP contribution is 2.30. The molecule has 0 saturated carbocycles. The molecule has 0 bridgehead atoms. The fraction of sp³-hybridized carbons (Fsp3) is 0.933. The van der Waals surface area contributed by atoms with Gasteiger partial charge in [-0.25, -0.2) is 0 Å². The molecular weight excluding hydrogens is 272 g/mol. The van der Waals surface area contributed by atoms with Crippen molar-refractivity contribution in [1.29, 1.82) is 0 Å². The number of likely N-dealkylation sites (tertiary alicyclic amines) is 1. The summed E-state index contributed by atoms with van der Waals surface area (Å²) in [5.41, 5.74) is -0.108. The molecule has 6 nitrogen and oxygen atoms in total. The minimum absolute atomic E-state index is 0.0949. The lowest BCUT2D eigenvalue weighted by atomic mass is 9.89. The van der Waals surface area contributed by atoms with Crippen molar-refractivity contribution in [2.75, 3.05) is 59.7 Å². The molecule has 1 atom stereocenters. The Morgan fingerprint density at radius 2 is 2.10 bits per heavy atom. The monoisotopic (exact) mass is 298 g/mol. The molecule has 3 fully saturated rings. The first-order valence-corrected chi connectivity index (χ1v) is 7.97. The largest absolute Gasteiger partial charge is 0.376 e. The van der Waals surface area contributed by atoms with E-state index in [1.165, 1.54) is 0 Å². The standard InChI is InChI=1S/C15H26N2O4/c1-16-12-15(21-11-14(16)18)3-6-17(7-4-15)5-2-13-10-19-8-9-20-13/h13H,2-12H2,1H3. The number of morpholine rings is 1. The lowest BCUT2D eigenvalue weighted by Crippen LogP contribution is -2.57. The van der Waals surface area contributed by atoms with Crippen LogP contribution in [0.2, 0.25) is 0 Å². The fourth-order valence-electron chi connectivity index (χ4n) is 3.41. The normalized spacial score (nSPS) is 30.8. The second-order valence-electron chi connectivity index (χ2n) is 6.42. The number of likely N-dealkylation sites (N-methyl/N-ethyl adjacent to an activating group) is 1. The van der Waals surface area contributed by atoms with Crippen molar-refractivity contribution in [3.05, 3.63) is 0 Å². The number of piperidine rings is 1. The van der Waals surface area contributed by atoms with Crippen LogP contribution in [0.3, 0.4) is 0 Å². The van der Waals surface area contributed by atoms with Crippen molar-refractivity contribution < 1.29 is 19.0 Å². The predicted molar refractivity (Wildman–Crippen MR) is 77.2 cm³/mol. The SMILES string of the molecule is CN1CC2(CCN(CCC3COCCO3)CC2)OCC1=O. The van der Waals surface area contributed by atoms with Crippen LogP contribution in [-0.2, 0) is 19.0 Å². The molecule has 3 rings (SSSR count). The molecular formula is C15H26N2O4. The van der Waals surface area contributed by atoms with Gasteiger partial charge in [0.1, 0.15) is 6.61 Å². The number of carbonyl (C=O) groups excluding carboxylic acids is 1. The summed E-state index contributed by atoms with van der Waals surface area (Å²) in [7, 11) is 1.87. The zero-order valence-electron chi connectivity index (χ0n) is 12.9.